The maximum Gasteiger partial charge on any atom is 0.306 e. The summed E-state index contributed by atoms with van der Waals surface area (Å²) in [7, 11) is 0. The van der Waals surface area contributed by atoms with Gasteiger partial charge in [-0.1, -0.05) is 358 Å². The van der Waals surface area contributed by atoms with E-state index in [-0.39, 0.29) is 31.1 Å². The van der Waals surface area contributed by atoms with Crippen LogP contribution in [0.25, 0.3) is 0 Å². The van der Waals surface area contributed by atoms with E-state index >= 15 is 0 Å². The van der Waals surface area contributed by atoms with Gasteiger partial charge in [-0.25, -0.2) is 0 Å². The lowest BCUT2D eigenvalue weighted by atomic mass is 10.0. The normalized spacial score (nSPS) is 12.3. The van der Waals surface area contributed by atoms with E-state index in [9.17, 15) is 14.4 Å². The minimum atomic E-state index is -0.777. The van der Waals surface area contributed by atoms with Gasteiger partial charge in [-0.2, -0.15) is 0 Å². The maximum absolute atomic E-state index is 13.0. The van der Waals surface area contributed by atoms with Crippen LogP contribution in [-0.4, -0.2) is 37.2 Å². The van der Waals surface area contributed by atoms with Gasteiger partial charge < -0.3 is 14.2 Å². The van der Waals surface area contributed by atoms with Crippen LogP contribution in [0.2, 0.25) is 0 Å². The van der Waals surface area contributed by atoms with Crippen LogP contribution in [0, 0.1) is 0 Å². The van der Waals surface area contributed by atoms with E-state index in [4.69, 9.17) is 14.2 Å². The molecule has 0 aliphatic carbocycles. The van der Waals surface area contributed by atoms with E-state index in [2.05, 4.69) is 69.4 Å². The van der Waals surface area contributed by atoms with Crippen molar-refractivity contribution >= 4 is 17.9 Å². The molecule has 0 fully saturated rings. The molecule has 0 saturated carbocycles. The van der Waals surface area contributed by atoms with Crippen molar-refractivity contribution in [3.05, 3.63) is 48.6 Å². The van der Waals surface area contributed by atoms with Gasteiger partial charge in [0.25, 0.3) is 0 Å². The number of rotatable bonds is 69. The standard InChI is InChI=1S/C77H142O6/c1-4-7-10-13-16-19-22-25-28-31-33-35-37-38-40-41-43-46-49-52-55-58-61-64-67-70-76(79)82-73-74(72-81-75(78)69-66-63-60-57-54-51-48-45-30-27-24-21-18-15-12-9-6-3)83-77(80)71-68-65-62-59-56-53-50-47-44-42-39-36-34-32-29-26-23-20-17-14-11-8-5-2/h9,12,18,21,27,30-31,33,74H,4-8,10-11,13-17,19-20,22-26,28-29,32,34-73H2,1-3H3/b12-9-,21-18-,30-27-,33-31-. The molecule has 0 amide bonds. The van der Waals surface area contributed by atoms with Crippen LogP contribution in [0.15, 0.2) is 48.6 Å². The lowest BCUT2D eigenvalue weighted by Gasteiger charge is -2.18. The van der Waals surface area contributed by atoms with E-state index in [1.54, 1.807) is 0 Å². The zero-order valence-corrected chi connectivity index (χ0v) is 56.0. The highest BCUT2D eigenvalue weighted by molar-refractivity contribution is 5.71. The quantitative estimate of drug-likeness (QED) is 0.0261. The van der Waals surface area contributed by atoms with Crippen molar-refractivity contribution in [2.75, 3.05) is 13.2 Å². The lowest BCUT2D eigenvalue weighted by Crippen LogP contribution is -2.30. The van der Waals surface area contributed by atoms with Crippen molar-refractivity contribution in [3.8, 4) is 0 Å². The van der Waals surface area contributed by atoms with Crippen molar-refractivity contribution in [2.45, 2.75) is 412 Å². The van der Waals surface area contributed by atoms with Crippen LogP contribution < -0.4 is 0 Å². The van der Waals surface area contributed by atoms with E-state index in [0.29, 0.717) is 19.3 Å². The summed E-state index contributed by atoms with van der Waals surface area (Å²) in [4.78, 5) is 38.5. The van der Waals surface area contributed by atoms with Crippen LogP contribution in [0.1, 0.15) is 406 Å². The molecule has 83 heavy (non-hydrogen) atoms. The number of allylic oxidation sites excluding steroid dienone is 8. The van der Waals surface area contributed by atoms with Crippen molar-refractivity contribution in [1.29, 1.82) is 0 Å². The van der Waals surface area contributed by atoms with E-state index in [1.807, 2.05) is 0 Å². The van der Waals surface area contributed by atoms with Gasteiger partial charge in [0.1, 0.15) is 13.2 Å². The van der Waals surface area contributed by atoms with Crippen LogP contribution in [-0.2, 0) is 28.6 Å². The van der Waals surface area contributed by atoms with Crippen molar-refractivity contribution < 1.29 is 28.6 Å². The summed E-state index contributed by atoms with van der Waals surface area (Å²) in [6, 6.07) is 0. The van der Waals surface area contributed by atoms with Crippen molar-refractivity contribution in [2.24, 2.45) is 0 Å². The SMILES string of the molecule is CC/C=C\C/C=C\C/C=C\CCCCCCCCCC(=O)OCC(COC(=O)CCCCCCCCCCCCCCC/C=C\CCCCCCCCCC)OC(=O)CCCCCCCCCCCCCCCCCCCCCCCCC. The van der Waals surface area contributed by atoms with E-state index in [0.717, 1.165) is 83.5 Å². The Morgan fingerprint density at radius 2 is 0.470 bits per heavy atom. The van der Waals surface area contributed by atoms with Gasteiger partial charge in [-0.15, -0.1) is 0 Å². The number of hydrogen-bond donors (Lipinski definition) is 0. The summed E-state index contributed by atoms with van der Waals surface area (Å²) >= 11 is 0. The van der Waals surface area contributed by atoms with Gasteiger partial charge >= 0.3 is 17.9 Å². The van der Waals surface area contributed by atoms with Crippen molar-refractivity contribution in [1.82, 2.24) is 0 Å². The smallest absolute Gasteiger partial charge is 0.306 e. The van der Waals surface area contributed by atoms with Gasteiger partial charge in [0.15, 0.2) is 6.10 Å². The fraction of sp³-hybridized carbons (Fsp3) is 0.857. The average Bonchev–Trinajstić information content (AvgIpc) is 3.49. The average molecular weight is 1160 g/mol. The van der Waals surface area contributed by atoms with Crippen LogP contribution in [0.4, 0.5) is 0 Å². The fourth-order valence-corrected chi connectivity index (χ4v) is 11.3. The molecule has 0 bridgehead atoms. The minimum absolute atomic E-state index is 0.0716. The van der Waals surface area contributed by atoms with Gasteiger partial charge in [0.2, 0.25) is 0 Å². The molecule has 1 unspecified atom stereocenters. The van der Waals surface area contributed by atoms with Crippen molar-refractivity contribution in [3.63, 3.8) is 0 Å². The largest absolute Gasteiger partial charge is 0.462 e. The molecule has 0 rings (SSSR count). The molecule has 0 aliphatic heterocycles. The second-order valence-corrected chi connectivity index (χ2v) is 25.2. The van der Waals surface area contributed by atoms with E-state index in [1.165, 1.54) is 283 Å². The summed E-state index contributed by atoms with van der Waals surface area (Å²) in [5.41, 5.74) is 0. The van der Waals surface area contributed by atoms with Crippen LogP contribution in [0.3, 0.4) is 0 Å². The topological polar surface area (TPSA) is 78.9 Å². The zero-order chi connectivity index (χ0) is 59.9. The highest BCUT2D eigenvalue weighted by Crippen LogP contribution is 2.19. The van der Waals surface area contributed by atoms with E-state index < -0.39 is 6.10 Å². The summed E-state index contributed by atoms with van der Waals surface area (Å²) in [6.07, 6.45) is 91.5. The molecule has 6 nitrogen and oxygen atoms in total. The Kier molecular flexibility index (Phi) is 69.6. The third-order valence-electron chi connectivity index (χ3n) is 16.8. The first-order valence-electron chi connectivity index (χ1n) is 37.1. The molecule has 6 heteroatoms. The third kappa shape index (κ3) is 70.0. The first-order valence-corrected chi connectivity index (χ1v) is 37.1. The predicted octanol–water partition coefficient (Wildman–Crippen LogP) is 25.7. The summed E-state index contributed by atoms with van der Waals surface area (Å²) in [6.45, 7) is 6.60. The maximum atomic E-state index is 13.0. The Morgan fingerprint density at radius 3 is 0.747 bits per heavy atom. The third-order valence-corrected chi connectivity index (χ3v) is 16.8. The molecule has 0 spiro atoms. The highest BCUT2D eigenvalue weighted by atomic mass is 16.6. The molecular formula is C77H142O6. The molecule has 0 aromatic rings. The van der Waals surface area contributed by atoms with Gasteiger partial charge in [0.05, 0.1) is 0 Å². The van der Waals surface area contributed by atoms with Gasteiger partial charge in [-0.3, -0.25) is 14.4 Å². The number of carbonyl (C=O) groups is 3. The Labute approximate surface area is 518 Å². The van der Waals surface area contributed by atoms with Crippen LogP contribution >= 0.6 is 0 Å². The minimum Gasteiger partial charge on any atom is -0.462 e. The Balaban J connectivity index is 4.28. The first kappa shape index (κ1) is 80.4. The second-order valence-electron chi connectivity index (χ2n) is 25.2. The molecule has 0 heterocycles. The summed E-state index contributed by atoms with van der Waals surface area (Å²) in [5.74, 6) is -0.851. The Morgan fingerprint density at radius 1 is 0.253 bits per heavy atom. The number of esters is 3. The molecule has 0 aliphatic rings. The van der Waals surface area contributed by atoms with Gasteiger partial charge in [-0.05, 0) is 77.0 Å². The number of carbonyl (C=O) groups excluding carboxylic acids is 3. The molecule has 0 aromatic carbocycles. The molecule has 0 N–H and O–H groups in total. The zero-order valence-electron chi connectivity index (χ0n) is 56.0. The molecular weight excluding hydrogens is 1020 g/mol. The number of unbranched alkanes of at least 4 members (excludes halogenated alkanes) is 50. The summed E-state index contributed by atoms with van der Waals surface area (Å²) < 4.78 is 17.0. The molecule has 486 valence electrons. The molecule has 0 saturated heterocycles. The van der Waals surface area contributed by atoms with Crippen LogP contribution in [0.5, 0.6) is 0 Å². The molecule has 0 aromatic heterocycles. The molecule has 0 radical (unpaired) electrons. The number of hydrogen-bond acceptors (Lipinski definition) is 6. The number of ether oxygens (including phenoxy) is 3. The lowest BCUT2D eigenvalue weighted by molar-refractivity contribution is -0.167. The molecule has 1 atom stereocenters. The highest BCUT2D eigenvalue weighted by Gasteiger charge is 2.20. The second kappa shape index (κ2) is 71.8. The predicted molar refractivity (Wildman–Crippen MR) is 362 cm³/mol. The monoisotopic (exact) mass is 1160 g/mol. The Hall–Kier alpha value is -2.63. The fourth-order valence-electron chi connectivity index (χ4n) is 11.3. The van der Waals surface area contributed by atoms with Gasteiger partial charge in [0, 0.05) is 19.3 Å². The Bertz CT molecular complexity index is 1430. The first-order chi connectivity index (χ1) is 41.0. The summed E-state index contributed by atoms with van der Waals surface area (Å²) in [5, 5.41) is 0.